The van der Waals surface area contributed by atoms with Crippen LogP contribution in [-0.4, -0.2) is 27.4 Å². The van der Waals surface area contributed by atoms with Crippen LogP contribution in [-0.2, 0) is 21.3 Å². The molecule has 23 heavy (non-hydrogen) atoms. The maximum atomic E-state index is 12.5. The van der Waals surface area contributed by atoms with Crippen LogP contribution >= 0.6 is 0 Å². The Hall–Kier alpha value is -2.67. The molecule has 2 N–H and O–H groups in total. The number of benzene rings is 2. The molecule has 7 heteroatoms. The minimum atomic E-state index is -1.15. The van der Waals surface area contributed by atoms with E-state index in [4.69, 9.17) is 0 Å². The summed E-state index contributed by atoms with van der Waals surface area (Å²) >= 11 is 0. The molecule has 3 aromatic rings. The summed E-state index contributed by atoms with van der Waals surface area (Å²) in [5, 5.41) is 2.47. The lowest BCUT2D eigenvalue weighted by Gasteiger charge is -2.02. The molecule has 0 aliphatic rings. The van der Waals surface area contributed by atoms with Gasteiger partial charge in [-0.05, 0) is 23.8 Å². The minimum Gasteiger partial charge on any atom is -0.453 e. The number of aromatic amines is 1. The number of methoxy groups -OCH3 is 1. The fourth-order valence-corrected chi connectivity index (χ4v) is 3.28. The summed E-state index contributed by atoms with van der Waals surface area (Å²) in [6, 6.07) is 15.0. The number of amides is 1. The quantitative estimate of drug-likeness (QED) is 0.770. The number of fused-ring (bicyclic) bond motifs is 1. The van der Waals surface area contributed by atoms with Gasteiger partial charge in [-0.3, -0.25) is 9.53 Å². The van der Waals surface area contributed by atoms with E-state index in [0.29, 0.717) is 21.7 Å². The predicted molar refractivity (Wildman–Crippen MR) is 88.7 cm³/mol. The molecule has 1 amide bonds. The monoisotopic (exact) mass is 329 g/mol. The van der Waals surface area contributed by atoms with Crippen molar-refractivity contribution >= 4 is 33.9 Å². The Morgan fingerprint density at radius 3 is 2.78 bits per heavy atom. The van der Waals surface area contributed by atoms with Gasteiger partial charge in [-0.15, -0.1) is 0 Å². The molecule has 0 bridgehead atoms. The number of nitrogens with zero attached hydrogens (tertiary/aromatic N) is 1. The fraction of sp³-hybridized carbons (Fsp3) is 0.125. The number of carbonyl (C=O) groups is 1. The summed E-state index contributed by atoms with van der Waals surface area (Å²) in [6.07, 6.45) is -0.600. The van der Waals surface area contributed by atoms with Crippen molar-refractivity contribution in [2.75, 3.05) is 12.4 Å². The van der Waals surface area contributed by atoms with E-state index in [1.807, 2.05) is 30.3 Å². The normalized spacial score (nSPS) is 12.0. The second-order valence-electron chi connectivity index (χ2n) is 4.86. The van der Waals surface area contributed by atoms with Crippen LogP contribution in [0.2, 0.25) is 0 Å². The number of ether oxygens (including phenoxy) is 1. The van der Waals surface area contributed by atoms with E-state index in [0.717, 1.165) is 5.56 Å². The maximum absolute atomic E-state index is 12.5. The van der Waals surface area contributed by atoms with Crippen molar-refractivity contribution < 1.29 is 13.7 Å². The van der Waals surface area contributed by atoms with Crippen molar-refractivity contribution in [3.8, 4) is 0 Å². The summed E-state index contributed by atoms with van der Waals surface area (Å²) in [6.45, 7) is 0. The first-order valence-corrected chi connectivity index (χ1v) is 8.24. The van der Waals surface area contributed by atoms with Crippen LogP contribution in [0.4, 0.5) is 10.7 Å². The van der Waals surface area contributed by atoms with E-state index >= 15 is 0 Å². The molecule has 1 aromatic heterocycles. The van der Waals surface area contributed by atoms with Crippen LogP contribution in [0.3, 0.4) is 0 Å². The highest BCUT2D eigenvalue weighted by Gasteiger charge is 2.10. The van der Waals surface area contributed by atoms with Crippen LogP contribution in [0.5, 0.6) is 0 Å². The Labute approximate surface area is 135 Å². The van der Waals surface area contributed by atoms with Crippen molar-refractivity contribution in [1.29, 1.82) is 0 Å². The number of carbonyl (C=O) groups excluding carboxylic acids is 1. The van der Waals surface area contributed by atoms with Crippen LogP contribution in [0.25, 0.3) is 11.0 Å². The number of anilines is 1. The number of rotatable bonds is 4. The van der Waals surface area contributed by atoms with Crippen LogP contribution in [0.1, 0.15) is 5.56 Å². The van der Waals surface area contributed by atoms with Crippen molar-refractivity contribution in [3.05, 3.63) is 54.1 Å². The van der Waals surface area contributed by atoms with Gasteiger partial charge in [0.1, 0.15) is 0 Å². The van der Waals surface area contributed by atoms with E-state index in [9.17, 15) is 9.00 Å². The molecule has 1 atom stereocenters. The summed E-state index contributed by atoms with van der Waals surface area (Å²) in [4.78, 5) is 19.1. The van der Waals surface area contributed by atoms with Crippen LogP contribution in [0.15, 0.2) is 53.4 Å². The predicted octanol–water partition coefficient (Wildman–Crippen LogP) is 3.05. The van der Waals surface area contributed by atoms with Gasteiger partial charge in [0.05, 0.1) is 34.7 Å². The molecule has 0 radical (unpaired) electrons. The summed E-state index contributed by atoms with van der Waals surface area (Å²) in [5.41, 5.74) is 2.40. The first kappa shape index (κ1) is 15.2. The Bertz CT molecular complexity index is 861. The number of hydrogen-bond acceptors (Lipinski definition) is 4. The molecule has 3 rings (SSSR count). The van der Waals surface area contributed by atoms with Gasteiger partial charge < -0.3 is 9.72 Å². The average molecular weight is 329 g/mol. The second kappa shape index (κ2) is 6.62. The third kappa shape index (κ3) is 3.57. The van der Waals surface area contributed by atoms with Crippen LogP contribution in [0, 0.1) is 0 Å². The maximum Gasteiger partial charge on any atom is 0.413 e. The SMILES string of the molecule is COC(=O)Nc1nc2ccc(S(=O)Cc3ccccc3)cc2[nH]1. The topological polar surface area (TPSA) is 84.1 Å². The lowest BCUT2D eigenvalue weighted by Crippen LogP contribution is -2.11. The lowest BCUT2D eigenvalue weighted by atomic mass is 10.2. The Kier molecular flexibility index (Phi) is 4.38. The number of nitrogens with one attached hydrogen (secondary N) is 2. The van der Waals surface area contributed by atoms with Gasteiger partial charge in [-0.1, -0.05) is 30.3 Å². The highest BCUT2D eigenvalue weighted by Crippen LogP contribution is 2.20. The molecule has 118 valence electrons. The zero-order chi connectivity index (χ0) is 16.2. The van der Waals surface area contributed by atoms with Gasteiger partial charge in [0.15, 0.2) is 0 Å². The molecular formula is C16H15N3O3S. The zero-order valence-electron chi connectivity index (χ0n) is 12.4. The van der Waals surface area contributed by atoms with Crippen LogP contribution < -0.4 is 5.32 Å². The number of imidazole rings is 1. The molecule has 0 spiro atoms. The molecule has 0 saturated heterocycles. The first-order valence-electron chi connectivity index (χ1n) is 6.93. The van der Waals surface area contributed by atoms with Crippen molar-refractivity contribution in [3.63, 3.8) is 0 Å². The molecule has 0 aliphatic heterocycles. The number of hydrogen-bond donors (Lipinski definition) is 2. The molecular weight excluding hydrogens is 314 g/mol. The van der Waals surface area contributed by atoms with E-state index < -0.39 is 16.9 Å². The van der Waals surface area contributed by atoms with Gasteiger partial charge in [0, 0.05) is 4.90 Å². The molecule has 0 aliphatic carbocycles. The van der Waals surface area contributed by atoms with Gasteiger partial charge in [-0.25, -0.2) is 9.78 Å². The first-order chi connectivity index (χ1) is 11.2. The summed E-state index contributed by atoms with van der Waals surface area (Å²) in [7, 11) is 0.127. The van der Waals surface area contributed by atoms with Gasteiger partial charge >= 0.3 is 6.09 Å². The highest BCUT2D eigenvalue weighted by molar-refractivity contribution is 7.84. The fourth-order valence-electron chi connectivity index (χ4n) is 2.15. The number of H-pyrrole nitrogens is 1. The van der Waals surface area contributed by atoms with Crippen molar-refractivity contribution in [2.24, 2.45) is 0 Å². The largest absolute Gasteiger partial charge is 0.453 e. The smallest absolute Gasteiger partial charge is 0.413 e. The summed E-state index contributed by atoms with van der Waals surface area (Å²) < 4.78 is 17.0. The molecule has 6 nitrogen and oxygen atoms in total. The minimum absolute atomic E-state index is 0.290. The van der Waals surface area contributed by atoms with E-state index in [-0.39, 0.29) is 5.95 Å². The van der Waals surface area contributed by atoms with E-state index in [1.165, 1.54) is 7.11 Å². The zero-order valence-corrected chi connectivity index (χ0v) is 13.2. The highest BCUT2D eigenvalue weighted by atomic mass is 32.2. The molecule has 1 heterocycles. The Morgan fingerprint density at radius 2 is 2.04 bits per heavy atom. The molecule has 0 fully saturated rings. The number of aromatic nitrogens is 2. The van der Waals surface area contributed by atoms with Gasteiger partial charge in [-0.2, -0.15) is 0 Å². The standard InChI is InChI=1S/C16H15N3O3S/c1-22-16(20)19-15-17-13-8-7-12(9-14(13)18-15)23(21)10-11-5-3-2-4-6-11/h2-9H,10H2,1H3,(H2,17,18,19,20). The second-order valence-corrected chi connectivity index (χ2v) is 6.31. The third-order valence-electron chi connectivity index (χ3n) is 3.26. The summed E-state index contributed by atoms with van der Waals surface area (Å²) in [5.74, 6) is 0.742. The van der Waals surface area contributed by atoms with Gasteiger partial charge in [0.2, 0.25) is 5.95 Å². The van der Waals surface area contributed by atoms with Crippen molar-refractivity contribution in [1.82, 2.24) is 9.97 Å². The van der Waals surface area contributed by atoms with Gasteiger partial charge in [0.25, 0.3) is 0 Å². The lowest BCUT2D eigenvalue weighted by molar-refractivity contribution is 0.186. The third-order valence-corrected chi connectivity index (χ3v) is 4.64. The molecule has 2 aromatic carbocycles. The van der Waals surface area contributed by atoms with E-state index in [2.05, 4.69) is 20.0 Å². The molecule has 1 unspecified atom stereocenters. The molecule has 0 saturated carbocycles. The average Bonchev–Trinajstić information content (AvgIpc) is 2.96. The Balaban J connectivity index is 1.82. The Morgan fingerprint density at radius 1 is 1.26 bits per heavy atom. The van der Waals surface area contributed by atoms with E-state index in [1.54, 1.807) is 18.2 Å². The van der Waals surface area contributed by atoms with Crippen molar-refractivity contribution in [2.45, 2.75) is 10.6 Å².